The first-order valence-corrected chi connectivity index (χ1v) is 5.54. The lowest BCUT2D eigenvalue weighted by atomic mass is 10.3. The van der Waals surface area contributed by atoms with Crippen LogP contribution in [0.4, 0.5) is 14.4 Å². The molecule has 0 aromatic rings. The summed E-state index contributed by atoms with van der Waals surface area (Å²) in [6.45, 7) is 4.18. The molecule has 1 saturated heterocycles. The van der Waals surface area contributed by atoms with E-state index in [1.165, 1.54) is 0 Å². The molecule has 17 heavy (non-hydrogen) atoms. The third-order valence-corrected chi connectivity index (χ3v) is 2.20. The van der Waals surface area contributed by atoms with Gasteiger partial charge in [0, 0.05) is 13.1 Å². The highest BCUT2D eigenvalue weighted by Gasteiger charge is 2.35. The van der Waals surface area contributed by atoms with Crippen LogP contribution in [0.15, 0.2) is 0 Å². The van der Waals surface area contributed by atoms with Crippen molar-refractivity contribution in [1.29, 1.82) is 0 Å². The predicted molar refractivity (Wildman–Crippen MR) is 57.5 cm³/mol. The second-order valence-electron chi connectivity index (χ2n) is 3.34. The van der Waals surface area contributed by atoms with Crippen molar-refractivity contribution >= 4 is 18.2 Å². The number of rotatable bonds is 2. The molecule has 1 aliphatic heterocycles. The fourth-order valence-electron chi connectivity index (χ4n) is 1.47. The Morgan fingerprint density at radius 3 is 1.82 bits per heavy atom. The topological polar surface area (TPSA) is 76.2 Å². The van der Waals surface area contributed by atoms with Gasteiger partial charge in [0.15, 0.2) is 0 Å². The van der Waals surface area contributed by atoms with E-state index in [2.05, 4.69) is 0 Å². The molecule has 7 nitrogen and oxygen atoms in total. The lowest BCUT2D eigenvalue weighted by molar-refractivity contribution is 0.0766. The molecule has 0 saturated carbocycles. The second-order valence-corrected chi connectivity index (χ2v) is 3.34. The van der Waals surface area contributed by atoms with Gasteiger partial charge in [0.25, 0.3) is 0 Å². The fraction of sp³-hybridized carbons (Fsp3) is 0.700. The van der Waals surface area contributed by atoms with Gasteiger partial charge in [-0.3, -0.25) is 0 Å². The molecule has 0 unspecified atom stereocenters. The summed E-state index contributed by atoms with van der Waals surface area (Å²) in [6, 6.07) is -0.687. The summed E-state index contributed by atoms with van der Waals surface area (Å²) in [5.41, 5.74) is 0. The standard InChI is InChI=1S/C10H16N2O5/c1-3-16-9(14)11-6-5-7-12(8(11)13)10(15)17-4-2/h3-7H2,1-2H3. The lowest BCUT2D eigenvalue weighted by Gasteiger charge is -2.31. The monoisotopic (exact) mass is 244 g/mol. The average Bonchev–Trinajstić information content (AvgIpc) is 2.29. The van der Waals surface area contributed by atoms with Crippen LogP contribution in [0.2, 0.25) is 0 Å². The van der Waals surface area contributed by atoms with Crippen LogP contribution in [0, 0.1) is 0 Å². The van der Waals surface area contributed by atoms with E-state index in [1.54, 1.807) is 13.8 Å². The summed E-state index contributed by atoms with van der Waals surface area (Å²) < 4.78 is 9.45. The molecule has 1 aliphatic rings. The summed E-state index contributed by atoms with van der Waals surface area (Å²) in [5, 5.41) is 0. The normalized spacial score (nSPS) is 15.8. The number of nitrogens with zero attached hydrogens (tertiary/aromatic N) is 2. The number of carbonyl (C=O) groups is 3. The zero-order chi connectivity index (χ0) is 12.8. The molecule has 1 fully saturated rings. The van der Waals surface area contributed by atoms with E-state index in [9.17, 15) is 14.4 Å². The molecule has 1 rings (SSSR count). The number of ether oxygens (including phenoxy) is 2. The minimum Gasteiger partial charge on any atom is -0.449 e. The Morgan fingerprint density at radius 2 is 1.47 bits per heavy atom. The van der Waals surface area contributed by atoms with Crippen LogP contribution in [-0.2, 0) is 9.47 Å². The first-order valence-electron chi connectivity index (χ1n) is 5.54. The summed E-state index contributed by atoms with van der Waals surface area (Å²) in [5.74, 6) is 0. The van der Waals surface area contributed by atoms with Crippen molar-refractivity contribution in [2.75, 3.05) is 26.3 Å². The van der Waals surface area contributed by atoms with E-state index in [1.807, 2.05) is 0 Å². The lowest BCUT2D eigenvalue weighted by Crippen LogP contribution is -2.54. The first kappa shape index (κ1) is 13.3. The van der Waals surface area contributed by atoms with Crippen molar-refractivity contribution < 1.29 is 23.9 Å². The third kappa shape index (κ3) is 3.08. The number of carbonyl (C=O) groups excluding carboxylic acids is 3. The van der Waals surface area contributed by atoms with Crippen LogP contribution in [0.25, 0.3) is 0 Å². The molecule has 0 aromatic heterocycles. The van der Waals surface area contributed by atoms with E-state index >= 15 is 0 Å². The van der Waals surface area contributed by atoms with Crippen LogP contribution >= 0.6 is 0 Å². The second kappa shape index (κ2) is 6.07. The average molecular weight is 244 g/mol. The molecule has 0 bridgehead atoms. The molecule has 0 spiro atoms. The Labute approximate surface area is 99.2 Å². The SMILES string of the molecule is CCOC(=O)N1CCCN(C(=O)OCC)C1=O. The number of amides is 4. The smallest absolute Gasteiger partial charge is 0.417 e. The quantitative estimate of drug-likeness (QED) is 0.734. The van der Waals surface area contributed by atoms with Crippen molar-refractivity contribution in [1.82, 2.24) is 9.80 Å². The van der Waals surface area contributed by atoms with Gasteiger partial charge in [-0.2, -0.15) is 0 Å². The maximum atomic E-state index is 11.8. The maximum absolute atomic E-state index is 11.8. The first-order chi connectivity index (χ1) is 8.11. The fourth-order valence-corrected chi connectivity index (χ4v) is 1.47. The van der Waals surface area contributed by atoms with Gasteiger partial charge in [-0.05, 0) is 20.3 Å². The minimum atomic E-state index is -0.730. The molecule has 7 heteroatoms. The summed E-state index contributed by atoms with van der Waals surface area (Å²) in [6.07, 6.45) is -0.943. The maximum Gasteiger partial charge on any atom is 0.417 e. The molecule has 0 aromatic carbocycles. The summed E-state index contributed by atoms with van der Waals surface area (Å²) >= 11 is 0. The van der Waals surface area contributed by atoms with Crippen LogP contribution in [0.5, 0.6) is 0 Å². The Bertz CT molecular complexity index is 290. The van der Waals surface area contributed by atoms with Crippen molar-refractivity contribution in [3.05, 3.63) is 0 Å². The highest BCUT2D eigenvalue weighted by atomic mass is 16.6. The van der Waals surface area contributed by atoms with Crippen LogP contribution < -0.4 is 0 Å². The van der Waals surface area contributed by atoms with Gasteiger partial charge in [-0.25, -0.2) is 24.2 Å². The van der Waals surface area contributed by atoms with E-state index in [4.69, 9.17) is 9.47 Å². The highest BCUT2D eigenvalue weighted by Crippen LogP contribution is 2.12. The predicted octanol–water partition coefficient (Wildman–Crippen LogP) is 1.43. The zero-order valence-electron chi connectivity index (χ0n) is 9.97. The van der Waals surface area contributed by atoms with Gasteiger partial charge in [0.05, 0.1) is 13.2 Å². The Hall–Kier alpha value is -1.79. The number of urea groups is 1. The van der Waals surface area contributed by atoms with Crippen LogP contribution in [0.3, 0.4) is 0 Å². The van der Waals surface area contributed by atoms with E-state index < -0.39 is 18.2 Å². The van der Waals surface area contributed by atoms with Crippen molar-refractivity contribution in [2.24, 2.45) is 0 Å². The minimum absolute atomic E-state index is 0.183. The number of hydrogen-bond acceptors (Lipinski definition) is 5. The Balaban J connectivity index is 2.68. The van der Waals surface area contributed by atoms with Gasteiger partial charge in [-0.1, -0.05) is 0 Å². The molecule has 0 N–H and O–H groups in total. The highest BCUT2D eigenvalue weighted by molar-refractivity contribution is 5.99. The summed E-state index contributed by atoms with van der Waals surface area (Å²) in [7, 11) is 0. The van der Waals surface area contributed by atoms with Crippen molar-refractivity contribution in [2.45, 2.75) is 20.3 Å². The van der Waals surface area contributed by atoms with Crippen LogP contribution in [0.1, 0.15) is 20.3 Å². The van der Waals surface area contributed by atoms with Crippen molar-refractivity contribution in [3.63, 3.8) is 0 Å². The molecule has 0 atom stereocenters. The molecule has 1 heterocycles. The summed E-state index contributed by atoms with van der Waals surface area (Å²) in [4.78, 5) is 36.5. The van der Waals surface area contributed by atoms with Gasteiger partial charge < -0.3 is 9.47 Å². The van der Waals surface area contributed by atoms with Gasteiger partial charge in [0.1, 0.15) is 0 Å². The van der Waals surface area contributed by atoms with E-state index in [0.29, 0.717) is 6.42 Å². The molecule has 4 amide bonds. The molecule has 0 aliphatic carbocycles. The zero-order valence-corrected chi connectivity index (χ0v) is 9.97. The Morgan fingerprint density at radius 1 is 1.06 bits per heavy atom. The number of imide groups is 2. The van der Waals surface area contributed by atoms with E-state index in [-0.39, 0.29) is 26.3 Å². The van der Waals surface area contributed by atoms with Crippen LogP contribution in [-0.4, -0.2) is 54.3 Å². The van der Waals surface area contributed by atoms with E-state index in [0.717, 1.165) is 9.80 Å². The van der Waals surface area contributed by atoms with Gasteiger partial charge >= 0.3 is 18.2 Å². The number of hydrogen-bond donors (Lipinski definition) is 0. The molecular weight excluding hydrogens is 228 g/mol. The largest absolute Gasteiger partial charge is 0.449 e. The Kier molecular flexibility index (Phi) is 4.74. The third-order valence-electron chi connectivity index (χ3n) is 2.20. The van der Waals surface area contributed by atoms with Gasteiger partial charge in [-0.15, -0.1) is 0 Å². The van der Waals surface area contributed by atoms with Gasteiger partial charge in [0.2, 0.25) is 0 Å². The van der Waals surface area contributed by atoms with Crippen molar-refractivity contribution in [3.8, 4) is 0 Å². The molecule has 0 radical (unpaired) electrons. The molecule has 96 valence electrons. The molecular formula is C10H16N2O5.